The van der Waals surface area contributed by atoms with Gasteiger partial charge < -0.3 is 15.2 Å². The summed E-state index contributed by atoms with van der Waals surface area (Å²) in [5, 5.41) is 18.1. The van der Waals surface area contributed by atoms with Gasteiger partial charge >= 0.3 is 5.97 Å². The number of aromatic amines is 1. The number of nitrogens with one attached hydrogen (secondary N) is 2. The number of ether oxygens (including phenoxy) is 1. The van der Waals surface area contributed by atoms with Crippen LogP contribution < -0.4 is 10.1 Å². The van der Waals surface area contributed by atoms with Crippen LogP contribution in [0.25, 0.3) is 11.3 Å². The van der Waals surface area contributed by atoms with Crippen molar-refractivity contribution in [3.63, 3.8) is 0 Å². The lowest BCUT2D eigenvalue weighted by atomic mass is 10.0. The molecule has 0 bridgehead atoms. The third-order valence-corrected chi connectivity index (χ3v) is 3.13. The molecule has 1 aromatic carbocycles. The lowest BCUT2D eigenvalue weighted by Gasteiger charge is -2.08. The summed E-state index contributed by atoms with van der Waals surface area (Å²) in [6, 6.07) is 4.91. The molecule has 3 N–H and O–H groups in total. The number of aromatic nitrogens is 2. The summed E-state index contributed by atoms with van der Waals surface area (Å²) in [6.07, 6.45) is 0.274. The first kappa shape index (κ1) is 12.2. The molecule has 1 amide bonds. The van der Waals surface area contributed by atoms with Crippen molar-refractivity contribution < 1.29 is 19.4 Å². The van der Waals surface area contributed by atoms with Gasteiger partial charge in [0.2, 0.25) is 5.91 Å². The Morgan fingerprint density at radius 1 is 1.40 bits per heavy atom. The van der Waals surface area contributed by atoms with Gasteiger partial charge in [0.15, 0.2) is 0 Å². The normalized spacial score (nSPS) is 12.9. The number of carbonyl (C=O) groups excluding carboxylic acids is 1. The van der Waals surface area contributed by atoms with E-state index < -0.39 is 5.97 Å². The van der Waals surface area contributed by atoms with Crippen molar-refractivity contribution in [3.05, 3.63) is 29.5 Å². The van der Waals surface area contributed by atoms with Gasteiger partial charge in [0, 0.05) is 5.56 Å². The average Bonchev–Trinajstić information content (AvgIpc) is 3.02. The first-order chi connectivity index (χ1) is 9.58. The number of carboxylic acid groups (broad SMARTS) is 1. The number of benzene rings is 1. The topological polar surface area (TPSA) is 104 Å². The first-order valence-corrected chi connectivity index (χ1v) is 5.88. The minimum atomic E-state index is -1.09. The lowest BCUT2D eigenvalue weighted by Crippen LogP contribution is -2.04. The van der Waals surface area contributed by atoms with Crippen LogP contribution in [0, 0.1) is 0 Å². The third kappa shape index (κ3) is 1.89. The van der Waals surface area contributed by atoms with E-state index in [-0.39, 0.29) is 18.0 Å². The summed E-state index contributed by atoms with van der Waals surface area (Å²) in [4.78, 5) is 22.4. The Morgan fingerprint density at radius 2 is 2.20 bits per heavy atom. The maximum Gasteiger partial charge on any atom is 0.353 e. The summed E-state index contributed by atoms with van der Waals surface area (Å²) in [6.45, 7) is 0. The molecule has 1 aliphatic heterocycles. The van der Waals surface area contributed by atoms with Crippen LogP contribution in [0.2, 0.25) is 0 Å². The number of carboxylic acids is 1. The Kier molecular flexibility index (Phi) is 2.67. The van der Waals surface area contributed by atoms with E-state index in [1.165, 1.54) is 13.2 Å². The van der Waals surface area contributed by atoms with Gasteiger partial charge in [-0.1, -0.05) is 0 Å². The molecule has 0 saturated carbocycles. The molecule has 7 nitrogen and oxygen atoms in total. The standard InChI is InChI=1S/C13H11N3O4/c1-20-7-2-6-3-11(17)14-12(6)8(4-7)9-5-10(13(18)19)16-15-9/h2,4-5H,3H2,1H3,(H,14,17)(H,15,16)(H,18,19). The Hall–Kier alpha value is -2.83. The number of aromatic carboxylic acids is 1. The SMILES string of the molecule is COc1cc2c(c(-c3cc(C(=O)O)[nH]n3)c1)NC(=O)C2. The van der Waals surface area contributed by atoms with E-state index in [0.29, 0.717) is 22.7 Å². The predicted octanol–water partition coefficient (Wildman–Crippen LogP) is 1.28. The van der Waals surface area contributed by atoms with E-state index in [4.69, 9.17) is 9.84 Å². The number of fused-ring (bicyclic) bond motifs is 1. The zero-order chi connectivity index (χ0) is 14.3. The maximum atomic E-state index is 11.5. The highest BCUT2D eigenvalue weighted by molar-refractivity contribution is 6.04. The molecule has 2 heterocycles. The minimum Gasteiger partial charge on any atom is -0.497 e. The van der Waals surface area contributed by atoms with E-state index in [1.807, 2.05) is 0 Å². The second-order valence-corrected chi connectivity index (χ2v) is 4.41. The van der Waals surface area contributed by atoms with Crippen molar-refractivity contribution in [1.29, 1.82) is 0 Å². The molecule has 20 heavy (non-hydrogen) atoms. The van der Waals surface area contributed by atoms with Gasteiger partial charge in [-0.25, -0.2) is 4.79 Å². The number of nitrogens with zero attached hydrogens (tertiary/aromatic N) is 1. The summed E-state index contributed by atoms with van der Waals surface area (Å²) in [7, 11) is 1.53. The van der Waals surface area contributed by atoms with Crippen molar-refractivity contribution in [2.45, 2.75) is 6.42 Å². The van der Waals surface area contributed by atoms with Crippen LogP contribution in [0.5, 0.6) is 5.75 Å². The number of amides is 1. The highest BCUT2D eigenvalue weighted by atomic mass is 16.5. The summed E-state index contributed by atoms with van der Waals surface area (Å²) in [5.41, 5.74) is 2.53. The number of carbonyl (C=O) groups is 2. The second-order valence-electron chi connectivity index (χ2n) is 4.41. The highest BCUT2D eigenvalue weighted by Gasteiger charge is 2.24. The molecular formula is C13H11N3O4. The fraction of sp³-hybridized carbons (Fsp3) is 0.154. The number of hydrogen-bond acceptors (Lipinski definition) is 4. The quantitative estimate of drug-likeness (QED) is 0.781. The van der Waals surface area contributed by atoms with Crippen molar-refractivity contribution in [2.75, 3.05) is 12.4 Å². The molecule has 0 spiro atoms. The van der Waals surface area contributed by atoms with Gasteiger partial charge in [-0.15, -0.1) is 0 Å². The van der Waals surface area contributed by atoms with Crippen molar-refractivity contribution in [2.24, 2.45) is 0 Å². The largest absolute Gasteiger partial charge is 0.497 e. The van der Waals surface area contributed by atoms with Gasteiger partial charge in [-0.05, 0) is 23.8 Å². The number of anilines is 1. The molecule has 3 rings (SSSR count). The van der Waals surface area contributed by atoms with Crippen LogP contribution in [0.3, 0.4) is 0 Å². The molecule has 0 atom stereocenters. The molecule has 0 unspecified atom stereocenters. The third-order valence-electron chi connectivity index (χ3n) is 3.13. The van der Waals surface area contributed by atoms with Crippen molar-refractivity contribution >= 4 is 17.6 Å². The summed E-state index contributed by atoms with van der Waals surface area (Å²) >= 11 is 0. The van der Waals surface area contributed by atoms with Gasteiger partial charge in [0.05, 0.1) is 24.9 Å². The molecule has 1 aliphatic rings. The molecule has 0 aliphatic carbocycles. The van der Waals surface area contributed by atoms with Gasteiger partial charge in [-0.3, -0.25) is 9.89 Å². The number of hydrogen-bond donors (Lipinski definition) is 3. The molecule has 7 heteroatoms. The van der Waals surface area contributed by atoms with E-state index in [1.54, 1.807) is 12.1 Å². The highest BCUT2D eigenvalue weighted by Crippen LogP contribution is 2.37. The monoisotopic (exact) mass is 273 g/mol. The Balaban J connectivity index is 2.15. The molecular weight excluding hydrogens is 262 g/mol. The number of H-pyrrole nitrogens is 1. The van der Waals surface area contributed by atoms with Crippen LogP contribution in [-0.4, -0.2) is 34.3 Å². The van der Waals surface area contributed by atoms with Crippen LogP contribution in [0.15, 0.2) is 18.2 Å². The lowest BCUT2D eigenvalue weighted by molar-refractivity contribution is -0.115. The molecule has 0 radical (unpaired) electrons. The van der Waals surface area contributed by atoms with Crippen LogP contribution in [0.4, 0.5) is 5.69 Å². The fourth-order valence-electron chi connectivity index (χ4n) is 2.21. The predicted molar refractivity (Wildman–Crippen MR) is 69.9 cm³/mol. The maximum absolute atomic E-state index is 11.5. The van der Waals surface area contributed by atoms with Gasteiger partial charge in [0.1, 0.15) is 11.4 Å². The van der Waals surface area contributed by atoms with Crippen LogP contribution in [0.1, 0.15) is 16.1 Å². The number of rotatable bonds is 3. The molecule has 0 fully saturated rings. The Labute approximate surface area is 113 Å². The number of methoxy groups -OCH3 is 1. The Bertz CT molecular complexity index is 720. The first-order valence-electron chi connectivity index (χ1n) is 5.88. The second kappa shape index (κ2) is 4.37. The average molecular weight is 273 g/mol. The molecule has 1 aromatic heterocycles. The summed E-state index contributed by atoms with van der Waals surface area (Å²) < 4.78 is 5.20. The smallest absolute Gasteiger partial charge is 0.353 e. The fourth-order valence-corrected chi connectivity index (χ4v) is 2.21. The van der Waals surface area contributed by atoms with E-state index >= 15 is 0 Å². The van der Waals surface area contributed by atoms with Crippen LogP contribution in [-0.2, 0) is 11.2 Å². The van der Waals surface area contributed by atoms with Gasteiger partial charge in [0.25, 0.3) is 0 Å². The van der Waals surface area contributed by atoms with Crippen molar-refractivity contribution in [1.82, 2.24) is 10.2 Å². The Morgan fingerprint density at radius 3 is 2.85 bits per heavy atom. The molecule has 0 saturated heterocycles. The van der Waals surface area contributed by atoms with E-state index in [2.05, 4.69) is 15.5 Å². The zero-order valence-electron chi connectivity index (χ0n) is 10.6. The van der Waals surface area contributed by atoms with E-state index in [9.17, 15) is 9.59 Å². The zero-order valence-corrected chi connectivity index (χ0v) is 10.6. The van der Waals surface area contributed by atoms with Gasteiger partial charge in [-0.2, -0.15) is 5.10 Å². The molecule has 102 valence electrons. The van der Waals surface area contributed by atoms with Crippen LogP contribution >= 0.6 is 0 Å². The minimum absolute atomic E-state index is 0.0131. The summed E-state index contributed by atoms with van der Waals surface area (Å²) in [5.74, 6) is -0.606. The van der Waals surface area contributed by atoms with E-state index in [0.717, 1.165) is 5.56 Å². The van der Waals surface area contributed by atoms with Crippen molar-refractivity contribution in [3.8, 4) is 17.0 Å². The molecule has 2 aromatic rings.